The molecule has 1 unspecified atom stereocenters. The largest absolute Gasteiger partial charge is 0.397 e. The summed E-state index contributed by atoms with van der Waals surface area (Å²) in [4.78, 5) is 16.1. The zero-order valence-corrected chi connectivity index (χ0v) is 12.5. The molecule has 3 rings (SSSR count). The van der Waals surface area contributed by atoms with E-state index >= 15 is 0 Å². The standard InChI is InChI=1S/C14H18N4OS/c1-8(2)10-4-3-7-18(10)14(19)12-11(15)9-5-6-16-17-13(9)20-12/h5-6,8,10H,3-4,7,15H2,1-2H3. The van der Waals surface area contributed by atoms with E-state index in [0.29, 0.717) is 22.5 Å². The van der Waals surface area contributed by atoms with Gasteiger partial charge in [0.05, 0.1) is 11.9 Å². The maximum atomic E-state index is 12.8. The van der Waals surface area contributed by atoms with Crippen molar-refractivity contribution in [2.45, 2.75) is 32.7 Å². The molecule has 1 fully saturated rings. The molecular formula is C14H18N4OS. The fourth-order valence-electron chi connectivity index (χ4n) is 2.90. The van der Waals surface area contributed by atoms with Crippen LogP contribution in [0, 0.1) is 5.92 Å². The Balaban J connectivity index is 1.98. The first-order chi connectivity index (χ1) is 9.59. The van der Waals surface area contributed by atoms with Crippen molar-refractivity contribution in [2.75, 3.05) is 12.3 Å². The summed E-state index contributed by atoms with van der Waals surface area (Å²) in [5.41, 5.74) is 6.67. The summed E-state index contributed by atoms with van der Waals surface area (Å²) in [6, 6.07) is 2.13. The Morgan fingerprint density at radius 2 is 2.35 bits per heavy atom. The van der Waals surface area contributed by atoms with Crippen LogP contribution in [0.3, 0.4) is 0 Å². The highest BCUT2D eigenvalue weighted by molar-refractivity contribution is 7.21. The summed E-state index contributed by atoms with van der Waals surface area (Å²) in [6.07, 6.45) is 3.75. The van der Waals surface area contributed by atoms with Gasteiger partial charge in [-0.15, -0.1) is 16.4 Å². The van der Waals surface area contributed by atoms with Gasteiger partial charge in [-0.25, -0.2) is 0 Å². The minimum atomic E-state index is 0.0432. The molecule has 6 heteroatoms. The van der Waals surface area contributed by atoms with Gasteiger partial charge >= 0.3 is 0 Å². The van der Waals surface area contributed by atoms with Crippen LogP contribution in [0.4, 0.5) is 5.69 Å². The average Bonchev–Trinajstić information content (AvgIpc) is 3.04. The van der Waals surface area contributed by atoms with Gasteiger partial charge in [0.1, 0.15) is 9.71 Å². The molecule has 1 aliphatic heterocycles. The lowest BCUT2D eigenvalue weighted by Gasteiger charge is -2.27. The Morgan fingerprint density at radius 3 is 3.05 bits per heavy atom. The smallest absolute Gasteiger partial charge is 0.266 e. The van der Waals surface area contributed by atoms with Crippen LogP contribution in [-0.4, -0.2) is 33.6 Å². The second-order valence-corrected chi connectivity index (χ2v) is 6.55. The van der Waals surface area contributed by atoms with E-state index in [2.05, 4.69) is 24.0 Å². The van der Waals surface area contributed by atoms with Crippen molar-refractivity contribution in [3.05, 3.63) is 17.1 Å². The molecule has 5 nitrogen and oxygen atoms in total. The highest BCUT2D eigenvalue weighted by atomic mass is 32.1. The molecule has 1 amide bonds. The zero-order valence-electron chi connectivity index (χ0n) is 11.7. The first-order valence-corrected chi connectivity index (χ1v) is 7.72. The van der Waals surface area contributed by atoms with E-state index in [-0.39, 0.29) is 5.91 Å². The molecule has 2 N–H and O–H groups in total. The quantitative estimate of drug-likeness (QED) is 0.922. The minimum absolute atomic E-state index is 0.0432. The third-order valence-electron chi connectivity index (χ3n) is 3.94. The summed E-state index contributed by atoms with van der Waals surface area (Å²) in [7, 11) is 0. The fourth-order valence-corrected chi connectivity index (χ4v) is 3.89. The van der Waals surface area contributed by atoms with E-state index in [0.717, 1.165) is 29.6 Å². The van der Waals surface area contributed by atoms with Gasteiger partial charge in [0, 0.05) is 18.0 Å². The van der Waals surface area contributed by atoms with Gasteiger partial charge < -0.3 is 10.6 Å². The highest BCUT2D eigenvalue weighted by Gasteiger charge is 2.33. The molecule has 0 bridgehead atoms. The van der Waals surface area contributed by atoms with Crippen LogP contribution < -0.4 is 5.73 Å². The highest BCUT2D eigenvalue weighted by Crippen LogP contribution is 2.35. The summed E-state index contributed by atoms with van der Waals surface area (Å²) in [5.74, 6) is 0.513. The fraction of sp³-hybridized carbons (Fsp3) is 0.500. The molecule has 0 saturated carbocycles. The summed E-state index contributed by atoms with van der Waals surface area (Å²) in [6.45, 7) is 5.15. The molecule has 0 spiro atoms. The van der Waals surface area contributed by atoms with Crippen molar-refractivity contribution in [1.82, 2.24) is 15.1 Å². The molecule has 1 atom stereocenters. The lowest BCUT2D eigenvalue weighted by atomic mass is 10.0. The number of carbonyl (C=O) groups excluding carboxylic acids is 1. The molecule has 2 aromatic heterocycles. The van der Waals surface area contributed by atoms with Crippen LogP contribution in [0.15, 0.2) is 12.3 Å². The Labute approximate surface area is 121 Å². The maximum Gasteiger partial charge on any atom is 0.266 e. The summed E-state index contributed by atoms with van der Waals surface area (Å²) < 4.78 is 0. The third kappa shape index (κ3) is 2.04. The van der Waals surface area contributed by atoms with Crippen molar-refractivity contribution in [2.24, 2.45) is 5.92 Å². The van der Waals surface area contributed by atoms with Gasteiger partial charge in [-0.3, -0.25) is 4.79 Å². The van der Waals surface area contributed by atoms with Gasteiger partial charge in [-0.1, -0.05) is 13.8 Å². The van der Waals surface area contributed by atoms with Crippen LogP contribution >= 0.6 is 11.3 Å². The van der Waals surface area contributed by atoms with Crippen LogP contribution in [0.1, 0.15) is 36.4 Å². The molecule has 0 radical (unpaired) electrons. The van der Waals surface area contributed by atoms with Gasteiger partial charge in [0.2, 0.25) is 0 Å². The number of hydrogen-bond donors (Lipinski definition) is 1. The van der Waals surface area contributed by atoms with Crippen molar-refractivity contribution in [3.8, 4) is 0 Å². The van der Waals surface area contributed by atoms with Gasteiger partial charge in [-0.05, 0) is 24.8 Å². The first kappa shape index (κ1) is 13.3. The maximum absolute atomic E-state index is 12.8. The second kappa shape index (κ2) is 5.01. The molecule has 20 heavy (non-hydrogen) atoms. The van der Waals surface area contributed by atoms with Crippen molar-refractivity contribution in [3.63, 3.8) is 0 Å². The normalized spacial score (nSPS) is 19.1. The molecular weight excluding hydrogens is 272 g/mol. The van der Waals surface area contributed by atoms with Gasteiger partial charge in [0.15, 0.2) is 0 Å². The first-order valence-electron chi connectivity index (χ1n) is 6.90. The number of thiophene rings is 1. The number of fused-ring (bicyclic) bond motifs is 1. The molecule has 2 aromatic rings. The number of nitrogen functional groups attached to an aromatic ring is 1. The number of anilines is 1. The average molecular weight is 290 g/mol. The molecule has 0 aliphatic carbocycles. The SMILES string of the molecule is CC(C)C1CCCN1C(=O)c1sc2nnccc2c1N. The summed E-state index contributed by atoms with van der Waals surface area (Å²) >= 11 is 1.34. The third-order valence-corrected chi connectivity index (χ3v) is 5.04. The molecule has 1 aliphatic rings. The van der Waals surface area contributed by atoms with E-state index in [1.807, 2.05) is 11.0 Å². The van der Waals surface area contributed by atoms with E-state index in [1.165, 1.54) is 11.3 Å². The van der Waals surface area contributed by atoms with E-state index < -0.39 is 0 Å². The Hall–Kier alpha value is -1.69. The zero-order chi connectivity index (χ0) is 14.3. The molecule has 3 heterocycles. The second-order valence-electron chi connectivity index (χ2n) is 5.55. The minimum Gasteiger partial charge on any atom is -0.397 e. The Bertz CT molecular complexity index is 652. The van der Waals surface area contributed by atoms with Crippen LogP contribution in [0.25, 0.3) is 10.2 Å². The van der Waals surface area contributed by atoms with Crippen LogP contribution in [-0.2, 0) is 0 Å². The van der Waals surface area contributed by atoms with E-state index in [4.69, 9.17) is 5.73 Å². The number of likely N-dealkylation sites (tertiary alicyclic amines) is 1. The predicted octanol–water partition coefficient (Wildman–Crippen LogP) is 2.53. The molecule has 1 saturated heterocycles. The Kier molecular flexibility index (Phi) is 3.33. The van der Waals surface area contributed by atoms with Gasteiger partial charge in [-0.2, -0.15) is 5.10 Å². The van der Waals surface area contributed by atoms with E-state index in [1.54, 1.807) is 6.20 Å². The van der Waals surface area contributed by atoms with Crippen LogP contribution in [0.2, 0.25) is 0 Å². The Morgan fingerprint density at radius 1 is 1.55 bits per heavy atom. The number of nitrogens with zero attached hydrogens (tertiary/aromatic N) is 3. The number of nitrogens with two attached hydrogens (primary N) is 1. The van der Waals surface area contributed by atoms with Crippen molar-refractivity contribution in [1.29, 1.82) is 0 Å². The number of carbonyl (C=O) groups is 1. The lowest BCUT2D eigenvalue weighted by molar-refractivity contribution is 0.0707. The van der Waals surface area contributed by atoms with Crippen LogP contribution in [0.5, 0.6) is 0 Å². The lowest BCUT2D eigenvalue weighted by Crippen LogP contribution is -2.38. The topological polar surface area (TPSA) is 72.1 Å². The van der Waals surface area contributed by atoms with Crippen molar-refractivity contribution < 1.29 is 4.79 Å². The van der Waals surface area contributed by atoms with E-state index in [9.17, 15) is 4.79 Å². The monoisotopic (exact) mass is 290 g/mol. The van der Waals surface area contributed by atoms with Crippen molar-refractivity contribution >= 4 is 33.1 Å². The predicted molar refractivity (Wildman–Crippen MR) is 80.7 cm³/mol. The number of aromatic nitrogens is 2. The van der Waals surface area contributed by atoms with Gasteiger partial charge in [0.25, 0.3) is 5.91 Å². The number of amides is 1. The number of rotatable bonds is 2. The molecule has 106 valence electrons. The molecule has 0 aromatic carbocycles. The summed E-state index contributed by atoms with van der Waals surface area (Å²) in [5, 5.41) is 8.72. The number of hydrogen-bond acceptors (Lipinski definition) is 5.